The van der Waals surface area contributed by atoms with E-state index in [1.165, 1.54) is 0 Å². The number of anilines is 1. The summed E-state index contributed by atoms with van der Waals surface area (Å²) in [4.78, 5) is 24.3. The van der Waals surface area contributed by atoms with E-state index in [0.717, 1.165) is 50.3 Å². The fourth-order valence-electron chi connectivity index (χ4n) is 4.14. The molecule has 29 heavy (non-hydrogen) atoms. The first-order valence-corrected chi connectivity index (χ1v) is 10.1. The SMILES string of the molecule is COc1cccc(CN2CCCC(c3cc(=O)[nH]c(N4CCOCC4)n3)C2)c1O. The summed E-state index contributed by atoms with van der Waals surface area (Å²) >= 11 is 0. The van der Waals surface area contributed by atoms with Gasteiger partial charge in [0.2, 0.25) is 5.95 Å². The lowest BCUT2D eigenvalue weighted by Gasteiger charge is -2.33. The van der Waals surface area contributed by atoms with Gasteiger partial charge in [0.05, 0.1) is 26.0 Å². The minimum Gasteiger partial charge on any atom is -0.504 e. The molecule has 0 aliphatic carbocycles. The molecule has 156 valence electrons. The number of H-pyrrole nitrogens is 1. The Bertz CT molecular complexity index is 894. The number of hydrogen-bond acceptors (Lipinski definition) is 7. The van der Waals surface area contributed by atoms with Crippen LogP contribution in [0.5, 0.6) is 11.5 Å². The van der Waals surface area contributed by atoms with E-state index in [-0.39, 0.29) is 17.2 Å². The van der Waals surface area contributed by atoms with Crippen LogP contribution in [-0.2, 0) is 11.3 Å². The van der Waals surface area contributed by atoms with Crippen LogP contribution in [0.1, 0.15) is 30.0 Å². The maximum Gasteiger partial charge on any atom is 0.252 e. The first-order valence-electron chi connectivity index (χ1n) is 10.1. The number of aromatic hydroxyl groups is 1. The monoisotopic (exact) mass is 400 g/mol. The van der Waals surface area contributed by atoms with Gasteiger partial charge in [0, 0.05) is 43.7 Å². The first kappa shape index (κ1) is 19.7. The average molecular weight is 400 g/mol. The molecule has 2 aliphatic heterocycles. The summed E-state index contributed by atoms with van der Waals surface area (Å²) in [5, 5.41) is 10.4. The van der Waals surface area contributed by atoms with Gasteiger partial charge >= 0.3 is 0 Å². The van der Waals surface area contributed by atoms with Gasteiger partial charge in [0.1, 0.15) is 0 Å². The van der Waals surface area contributed by atoms with E-state index in [1.54, 1.807) is 19.2 Å². The predicted octanol–water partition coefficient (Wildman–Crippen LogP) is 1.70. The van der Waals surface area contributed by atoms with Crippen LogP contribution in [0.3, 0.4) is 0 Å². The van der Waals surface area contributed by atoms with E-state index in [4.69, 9.17) is 14.5 Å². The highest BCUT2D eigenvalue weighted by Gasteiger charge is 2.25. The second-order valence-corrected chi connectivity index (χ2v) is 7.64. The van der Waals surface area contributed by atoms with Crippen LogP contribution < -0.4 is 15.2 Å². The van der Waals surface area contributed by atoms with Crippen molar-refractivity contribution in [2.45, 2.75) is 25.3 Å². The van der Waals surface area contributed by atoms with Gasteiger partial charge < -0.3 is 19.5 Å². The number of phenols is 1. The van der Waals surface area contributed by atoms with Gasteiger partial charge in [0.15, 0.2) is 11.5 Å². The number of piperidine rings is 1. The van der Waals surface area contributed by atoms with Crippen LogP contribution in [0.2, 0.25) is 0 Å². The number of para-hydroxylation sites is 1. The van der Waals surface area contributed by atoms with Gasteiger partial charge in [-0.15, -0.1) is 0 Å². The predicted molar refractivity (Wildman–Crippen MR) is 110 cm³/mol. The number of ether oxygens (including phenoxy) is 2. The zero-order valence-electron chi connectivity index (χ0n) is 16.8. The zero-order chi connectivity index (χ0) is 20.2. The minimum absolute atomic E-state index is 0.112. The Morgan fingerprint density at radius 3 is 2.93 bits per heavy atom. The van der Waals surface area contributed by atoms with E-state index in [1.807, 2.05) is 12.1 Å². The van der Waals surface area contributed by atoms with E-state index in [0.29, 0.717) is 31.5 Å². The van der Waals surface area contributed by atoms with E-state index in [2.05, 4.69) is 14.8 Å². The number of nitrogens with zero attached hydrogens (tertiary/aromatic N) is 3. The molecular weight excluding hydrogens is 372 g/mol. The molecule has 2 saturated heterocycles. The standard InChI is InChI=1S/C21H28N4O4/c1-28-18-6-2-4-16(20(18)27)14-24-7-3-5-15(13-24)17-12-19(26)23-21(22-17)25-8-10-29-11-9-25/h2,4,6,12,15,27H,3,5,7-11,13-14H2,1H3,(H,22,23,26). The van der Waals surface area contributed by atoms with Crippen LogP contribution in [0.15, 0.2) is 29.1 Å². The Labute approximate surface area is 170 Å². The van der Waals surface area contributed by atoms with Crippen molar-refractivity contribution in [1.82, 2.24) is 14.9 Å². The topological polar surface area (TPSA) is 90.9 Å². The number of hydrogen-bond donors (Lipinski definition) is 2. The quantitative estimate of drug-likeness (QED) is 0.789. The molecule has 8 heteroatoms. The summed E-state index contributed by atoms with van der Waals surface area (Å²) in [6, 6.07) is 7.19. The molecule has 1 atom stereocenters. The van der Waals surface area contributed by atoms with E-state index in [9.17, 15) is 9.90 Å². The highest BCUT2D eigenvalue weighted by atomic mass is 16.5. The summed E-state index contributed by atoms with van der Waals surface area (Å²) < 4.78 is 10.6. The Morgan fingerprint density at radius 2 is 2.14 bits per heavy atom. The molecule has 2 fully saturated rings. The van der Waals surface area contributed by atoms with Crippen molar-refractivity contribution in [2.75, 3.05) is 51.4 Å². The molecule has 0 spiro atoms. The Hall–Kier alpha value is -2.58. The molecule has 4 rings (SSSR count). The highest BCUT2D eigenvalue weighted by Crippen LogP contribution is 2.32. The maximum absolute atomic E-state index is 12.3. The summed E-state index contributed by atoms with van der Waals surface area (Å²) in [6.45, 7) is 5.16. The van der Waals surface area contributed by atoms with Gasteiger partial charge in [-0.05, 0) is 25.5 Å². The van der Waals surface area contributed by atoms with E-state index >= 15 is 0 Å². The second-order valence-electron chi connectivity index (χ2n) is 7.64. The smallest absolute Gasteiger partial charge is 0.252 e. The number of aromatic amines is 1. The number of morpholine rings is 1. The van der Waals surface area contributed by atoms with Gasteiger partial charge in [-0.2, -0.15) is 0 Å². The number of phenolic OH excluding ortho intramolecular Hbond substituents is 1. The van der Waals surface area contributed by atoms with Crippen molar-refractivity contribution < 1.29 is 14.6 Å². The fourth-order valence-corrected chi connectivity index (χ4v) is 4.14. The lowest BCUT2D eigenvalue weighted by Crippen LogP contribution is -2.39. The molecule has 8 nitrogen and oxygen atoms in total. The summed E-state index contributed by atoms with van der Waals surface area (Å²) in [5.74, 6) is 1.51. The first-order chi connectivity index (χ1) is 14.1. The molecule has 1 aromatic carbocycles. The molecule has 0 bridgehead atoms. The summed E-state index contributed by atoms with van der Waals surface area (Å²) in [5.41, 5.74) is 1.58. The number of nitrogens with one attached hydrogen (secondary N) is 1. The van der Waals surface area contributed by atoms with Gasteiger partial charge in [-0.25, -0.2) is 4.98 Å². The highest BCUT2D eigenvalue weighted by molar-refractivity contribution is 5.45. The van der Waals surface area contributed by atoms with Crippen molar-refractivity contribution in [3.05, 3.63) is 45.9 Å². The number of rotatable bonds is 5. The molecule has 0 saturated carbocycles. The molecule has 0 radical (unpaired) electrons. The maximum atomic E-state index is 12.3. The number of likely N-dealkylation sites (tertiary alicyclic amines) is 1. The Kier molecular flexibility index (Phi) is 6.01. The van der Waals surface area contributed by atoms with Crippen LogP contribution in [0.25, 0.3) is 0 Å². The average Bonchev–Trinajstić information content (AvgIpc) is 2.76. The molecule has 2 aliphatic rings. The third-order valence-corrected chi connectivity index (χ3v) is 5.68. The molecule has 1 aromatic heterocycles. The van der Waals surface area contributed by atoms with Crippen LogP contribution in [-0.4, -0.2) is 66.5 Å². The Morgan fingerprint density at radius 1 is 1.31 bits per heavy atom. The minimum atomic E-state index is -0.112. The third-order valence-electron chi connectivity index (χ3n) is 5.68. The van der Waals surface area contributed by atoms with Crippen molar-refractivity contribution >= 4 is 5.95 Å². The van der Waals surface area contributed by atoms with Crippen molar-refractivity contribution in [3.63, 3.8) is 0 Å². The molecule has 2 aromatic rings. The fraction of sp³-hybridized carbons (Fsp3) is 0.524. The van der Waals surface area contributed by atoms with Crippen molar-refractivity contribution in [1.29, 1.82) is 0 Å². The largest absolute Gasteiger partial charge is 0.504 e. The molecule has 3 heterocycles. The number of benzene rings is 1. The zero-order valence-corrected chi connectivity index (χ0v) is 16.8. The van der Waals surface area contributed by atoms with Gasteiger partial charge in [0.25, 0.3) is 5.56 Å². The summed E-state index contributed by atoms with van der Waals surface area (Å²) in [7, 11) is 1.56. The van der Waals surface area contributed by atoms with Gasteiger partial charge in [-0.3, -0.25) is 14.7 Å². The molecule has 0 amide bonds. The lowest BCUT2D eigenvalue weighted by molar-refractivity contribution is 0.122. The summed E-state index contributed by atoms with van der Waals surface area (Å²) in [6.07, 6.45) is 2.02. The van der Waals surface area contributed by atoms with Crippen LogP contribution in [0.4, 0.5) is 5.95 Å². The second kappa shape index (κ2) is 8.84. The van der Waals surface area contributed by atoms with Crippen molar-refractivity contribution in [2.24, 2.45) is 0 Å². The number of aromatic nitrogens is 2. The molecule has 2 N–H and O–H groups in total. The normalized spacial score (nSPS) is 20.6. The number of methoxy groups -OCH3 is 1. The van der Waals surface area contributed by atoms with Crippen LogP contribution >= 0.6 is 0 Å². The third kappa shape index (κ3) is 4.54. The van der Waals surface area contributed by atoms with Crippen LogP contribution in [0, 0.1) is 0 Å². The molecular formula is C21H28N4O4. The lowest BCUT2D eigenvalue weighted by atomic mass is 9.94. The Balaban J connectivity index is 1.50. The molecule has 1 unspecified atom stereocenters. The van der Waals surface area contributed by atoms with E-state index < -0.39 is 0 Å². The van der Waals surface area contributed by atoms with Gasteiger partial charge in [-0.1, -0.05) is 12.1 Å². The van der Waals surface area contributed by atoms with Crippen molar-refractivity contribution in [3.8, 4) is 11.5 Å².